The molecule has 0 heterocycles. The van der Waals surface area contributed by atoms with Crippen LogP contribution in [0.1, 0.15) is 10.4 Å². The highest BCUT2D eigenvalue weighted by Gasteiger charge is 2.04. The lowest BCUT2D eigenvalue weighted by Gasteiger charge is -1.99. The Morgan fingerprint density at radius 1 is 1.18 bits per heavy atom. The third kappa shape index (κ3) is 4.43. The first-order valence-corrected chi connectivity index (χ1v) is 4.53. The normalized spacial score (nSPS) is 8.88. The van der Waals surface area contributed by atoms with Gasteiger partial charge in [-0.15, -0.1) is 0 Å². The molecule has 0 aliphatic rings. The Kier molecular flexibility index (Phi) is 4.82. The van der Waals surface area contributed by atoms with Gasteiger partial charge >= 0.3 is 12.0 Å². The lowest BCUT2D eigenvalue weighted by atomic mass is 10.2. The fourth-order valence-electron chi connectivity index (χ4n) is 0.920. The molecule has 0 spiro atoms. The van der Waals surface area contributed by atoms with Crippen molar-refractivity contribution in [2.24, 2.45) is 0 Å². The van der Waals surface area contributed by atoms with E-state index in [0.717, 1.165) is 0 Å². The monoisotopic (exact) mass is 240 g/mol. The molecule has 0 saturated heterocycles. The lowest BCUT2D eigenvalue weighted by Crippen LogP contribution is -2.04. The van der Waals surface area contributed by atoms with Crippen molar-refractivity contribution in [1.82, 2.24) is 0 Å². The molecule has 0 bridgehead atoms. The minimum atomic E-state index is -2.49. The molecule has 0 atom stereocenters. The van der Waals surface area contributed by atoms with Crippen molar-refractivity contribution in [3.63, 3.8) is 0 Å². The summed E-state index contributed by atoms with van der Waals surface area (Å²) >= 11 is 0. The number of benzene rings is 1. The Balaban J connectivity index is 2.48. The fourth-order valence-corrected chi connectivity index (χ4v) is 0.920. The van der Waals surface area contributed by atoms with E-state index in [-0.39, 0.29) is 0 Å². The average molecular weight is 240 g/mol. The van der Waals surface area contributed by atoms with Crippen LogP contribution in [0, 0.1) is 11.8 Å². The molecule has 5 heteroatoms. The summed E-state index contributed by atoms with van der Waals surface area (Å²) < 4.78 is 39.9. The van der Waals surface area contributed by atoms with Crippen molar-refractivity contribution in [3.8, 4) is 11.8 Å². The van der Waals surface area contributed by atoms with Crippen molar-refractivity contribution in [1.29, 1.82) is 0 Å². The summed E-state index contributed by atoms with van der Waals surface area (Å²) in [4.78, 5) is 11.3. The zero-order valence-corrected chi connectivity index (χ0v) is 8.54. The number of allylic oxidation sites excluding steroid dienone is 1. The number of carbonyl (C=O) groups is 1. The van der Waals surface area contributed by atoms with E-state index in [1.54, 1.807) is 18.2 Å². The average Bonchev–Trinajstić information content (AvgIpc) is 2.35. The molecule has 0 saturated carbocycles. The van der Waals surface area contributed by atoms with Gasteiger partial charge in [0.25, 0.3) is 0 Å². The van der Waals surface area contributed by atoms with Gasteiger partial charge in [-0.05, 0) is 18.1 Å². The topological polar surface area (TPSA) is 26.3 Å². The molecule has 1 aromatic rings. The van der Waals surface area contributed by atoms with Crippen LogP contribution in [-0.2, 0) is 4.74 Å². The summed E-state index contributed by atoms with van der Waals surface area (Å²) in [6, 6.07) is 8.06. The smallest absolute Gasteiger partial charge is 0.339 e. The molecule has 0 unspecified atom stereocenters. The number of ether oxygens (including phenoxy) is 1. The molecule has 1 aromatic carbocycles. The van der Waals surface area contributed by atoms with Crippen LogP contribution in [0.3, 0.4) is 0 Å². The maximum absolute atomic E-state index is 12.2. The first-order chi connectivity index (χ1) is 8.11. The van der Waals surface area contributed by atoms with Gasteiger partial charge in [-0.2, -0.15) is 13.2 Å². The summed E-state index contributed by atoms with van der Waals surface area (Å²) in [6.07, 6.45) is -2.49. The zero-order valence-electron chi connectivity index (χ0n) is 8.54. The predicted octanol–water partition coefficient (Wildman–Crippen LogP) is 2.92. The molecule has 0 aliphatic heterocycles. The van der Waals surface area contributed by atoms with E-state index in [1.807, 2.05) is 5.92 Å². The fraction of sp³-hybridized carbons (Fsp3) is 0.0833. The molecule has 17 heavy (non-hydrogen) atoms. The van der Waals surface area contributed by atoms with Crippen LogP contribution in [0.25, 0.3) is 0 Å². The molecule has 0 aromatic heterocycles. The number of hydrogen-bond acceptors (Lipinski definition) is 2. The van der Waals surface area contributed by atoms with Crippen LogP contribution in [-0.4, -0.2) is 12.6 Å². The second-order valence-corrected chi connectivity index (χ2v) is 2.82. The third-order valence-electron chi connectivity index (χ3n) is 1.65. The molecule has 0 radical (unpaired) electrons. The van der Waals surface area contributed by atoms with Crippen LogP contribution in [0.5, 0.6) is 0 Å². The first kappa shape index (κ1) is 12.8. The van der Waals surface area contributed by atoms with E-state index in [4.69, 9.17) is 0 Å². The van der Waals surface area contributed by atoms with Crippen LogP contribution in [0.4, 0.5) is 13.2 Å². The highest BCUT2D eigenvalue weighted by Crippen LogP contribution is 2.06. The second kappa shape index (κ2) is 6.38. The van der Waals surface area contributed by atoms with Crippen LogP contribution in [0.15, 0.2) is 42.2 Å². The summed E-state index contributed by atoms with van der Waals surface area (Å²) in [7, 11) is 0. The SMILES string of the molecule is O=C(OCC#CC(F)=C(F)F)c1ccccc1. The third-order valence-corrected chi connectivity index (χ3v) is 1.65. The minimum absolute atomic E-state index is 0.307. The molecule has 0 aliphatic carbocycles. The maximum atomic E-state index is 12.2. The van der Waals surface area contributed by atoms with Gasteiger partial charge in [0, 0.05) is 0 Å². The van der Waals surface area contributed by atoms with Gasteiger partial charge in [0.2, 0.25) is 5.83 Å². The van der Waals surface area contributed by atoms with Gasteiger partial charge in [0.1, 0.15) is 0 Å². The Morgan fingerprint density at radius 2 is 1.82 bits per heavy atom. The number of esters is 1. The zero-order chi connectivity index (χ0) is 12.7. The van der Waals surface area contributed by atoms with Crippen molar-refractivity contribution >= 4 is 5.97 Å². The molecular formula is C12H7F3O2. The van der Waals surface area contributed by atoms with E-state index < -0.39 is 24.5 Å². The Labute approximate surface area is 95.7 Å². The first-order valence-electron chi connectivity index (χ1n) is 4.53. The van der Waals surface area contributed by atoms with Crippen LogP contribution >= 0.6 is 0 Å². The van der Waals surface area contributed by atoms with Gasteiger partial charge in [-0.1, -0.05) is 24.1 Å². The van der Waals surface area contributed by atoms with Gasteiger partial charge in [-0.25, -0.2) is 4.79 Å². The number of hydrogen-bond donors (Lipinski definition) is 0. The standard InChI is InChI=1S/C12H7F3O2/c13-10(11(14)15)7-4-8-17-12(16)9-5-2-1-3-6-9/h1-3,5-6H,8H2. The molecule has 0 fully saturated rings. The Bertz CT molecular complexity index is 479. The number of carbonyl (C=O) groups excluding carboxylic acids is 1. The largest absolute Gasteiger partial charge is 0.449 e. The van der Waals surface area contributed by atoms with E-state index in [9.17, 15) is 18.0 Å². The van der Waals surface area contributed by atoms with Gasteiger partial charge in [0.05, 0.1) is 5.56 Å². The highest BCUT2D eigenvalue weighted by atomic mass is 19.3. The quantitative estimate of drug-likeness (QED) is 0.586. The highest BCUT2D eigenvalue weighted by molar-refractivity contribution is 5.89. The molecule has 0 N–H and O–H groups in total. The van der Waals surface area contributed by atoms with Crippen molar-refractivity contribution in [2.75, 3.05) is 6.61 Å². The van der Waals surface area contributed by atoms with Gasteiger partial charge < -0.3 is 4.74 Å². The Morgan fingerprint density at radius 3 is 2.41 bits per heavy atom. The van der Waals surface area contributed by atoms with Crippen molar-refractivity contribution in [3.05, 3.63) is 47.8 Å². The van der Waals surface area contributed by atoms with E-state index in [0.29, 0.717) is 5.56 Å². The van der Waals surface area contributed by atoms with Gasteiger partial charge in [0.15, 0.2) is 6.61 Å². The summed E-state index contributed by atoms with van der Waals surface area (Å²) in [6.45, 7) is -0.450. The number of rotatable bonds is 2. The predicted molar refractivity (Wildman–Crippen MR) is 54.9 cm³/mol. The molecule has 88 valence electrons. The van der Waals surface area contributed by atoms with Crippen LogP contribution < -0.4 is 0 Å². The molecule has 0 amide bonds. The van der Waals surface area contributed by atoms with Crippen molar-refractivity contribution < 1.29 is 22.7 Å². The molecule has 2 nitrogen and oxygen atoms in total. The minimum Gasteiger partial charge on any atom is -0.449 e. The Hall–Kier alpha value is -2.22. The van der Waals surface area contributed by atoms with E-state index in [2.05, 4.69) is 4.74 Å². The van der Waals surface area contributed by atoms with E-state index in [1.165, 1.54) is 18.1 Å². The van der Waals surface area contributed by atoms with Crippen LogP contribution in [0.2, 0.25) is 0 Å². The van der Waals surface area contributed by atoms with E-state index >= 15 is 0 Å². The molecule has 1 rings (SSSR count). The summed E-state index contributed by atoms with van der Waals surface area (Å²) in [5.74, 6) is 1.02. The maximum Gasteiger partial charge on any atom is 0.339 e. The molecular weight excluding hydrogens is 233 g/mol. The summed E-state index contributed by atoms with van der Waals surface area (Å²) in [5, 5.41) is 0. The van der Waals surface area contributed by atoms with Gasteiger partial charge in [-0.3, -0.25) is 0 Å². The second-order valence-electron chi connectivity index (χ2n) is 2.82. The van der Waals surface area contributed by atoms with Crippen molar-refractivity contribution in [2.45, 2.75) is 0 Å². The number of halogens is 3. The lowest BCUT2D eigenvalue weighted by molar-refractivity contribution is 0.0556. The summed E-state index contributed by atoms with van der Waals surface area (Å²) in [5.41, 5.74) is 0.307.